The van der Waals surface area contributed by atoms with E-state index in [1.807, 2.05) is 12.1 Å². The molecule has 2 rings (SSSR count). The van der Waals surface area contributed by atoms with E-state index in [0.717, 1.165) is 11.6 Å². The highest BCUT2D eigenvalue weighted by molar-refractivity contribution is 6.17. The van der Waals surface area contributed by atoms with Crippen LogP contribution in [-0.2, 0) is 10.7 Å². The van der Waals surface area contributed by atoms with Crippen LogP contribution in [0, 0.1) is 0 Å². The predicted octanol–water partition coefficient (Wildman–Crippen LogP) is 2.66. The number of aromatic nitrogens is 1. The fourth-order valence-corrected chi connectivity index (χ4v) is 1.56. The summed E-state index contributed by atoms with van der Waals surface area (Å²) >= 11 is 5.75. The molecule has 2 aromatic rings. The van der Waals surface area contributed by atoms with Gasteiger partial charge in [-0.2, -0.15) is 0 Å². The lowest BCUT2D eigenvalue weighted by Crippen LogP contribution is -1.85. The second kappa shape index (κ2) is 4.37. The van der Waals surface area contributed by atoms with Gasteiger partial charge in [0.05, 0.1) is 0 Å². The van der Waals surface area contributed by atoms with Crippen molar-refractivity contribution in [2.45, 2.75) is 5.88 Å². The lowest BCUT2D eigenvalue weighted by molar-refractivity contribution is -0.131. The van der Waals surface area contributed by atoms with E-state index in [1.165, 1.54) is 6.08 Å². The molecule has 1 aromatic carbocycles. The van der Waals surface area contributed by atoms with Crippen molar-refractivity contribution in [1.29, 1.82) is 0 Å². The molecule has 0 spiro atoms. The third-order valence-corrected chi connectivity index (χ3v) is 2.32. The zero-order valence-electron chi connectivity index (χ0n) is 8.18. The van der Waals surface area contributed by atoms with Crippen LogP contribution in [0.1, 0.15) is 11.5 Å². The summed E-state index contributed by atoms with van der Waals surface area (Å²) in [7, 11) is 0. The lowest BCUT2D eigenvalue weighted by Gasteiger charge is -1.92. The van der Waals surface area contributed by atoms with E-state index in [4.69, 9.17) is 21.1 Å². The van der Waals surface area contributed by atoms with Crippen LogP contribution < -0.4 is 0 Å². The number of hydrogen-bond donors (Lipinski definition) is 1. The van der Waals surface area contributed by atoms with Crippen LogP contribution in [0.5, 0.6) is 0 Å². The lowest BCUT2D eigenvalue weighted by atomic mass is 10.2. The van der Waals surface area contributed by atoms with Crippen LogP contribution in [0.3, 0.4) is 0 Å². The molecule has 0 atom stereocenters. The van der Waals surface area contributed by atoms with Crippen LogP contribution in [0.25, 0.3) is 17.2 Å². The highest BCUT2D eigenvalue weighted by Crippen LogP contribution is 2.21. The number of hydrogen-bond acceptors (Lipinski definition) is 3. The van der Waals surface area contributed by atoms with Gasteiger partial charge in [0.2, 0.25) is 5.89 Å². The summed E-state index contributed by atoms with van der Waals surface area (Å²) in [5, 5.41) is 8.47. The summed E-state index contributed by atoms with van der Waals surface area (Å²) in [6.45, 7) is 0. The summed E-state index contributed by atoms with van der Waals surface area (Å²) in [6, 6.07) is 5.43. The number of alkyl halides is 1. The number of halogens is 1. The number of oxazole rings is 1. The van der Waals surface area contributed by atoms with Crippen molar-refractivity contribution < 1.29 is 14.3 Å². The van der Waals surface area contributed by atoms with Gasteiger partial charge < -0.3 is 9.52 Å². The largest absolute Gasteiger partial charge is 0.478 e. The fraction of sp³-hybridized carbons (Fsp3) is 0.0909. The Morgan fingerprint density at radius 3 is 3.06 bits per heavy atom. The molecule has 1 heterocycles. The number of carboxylic acid groups (broad SMARTS) is 1. The summed E-state index contributed by atoms with van der Waals surface area (Å²) in [5.74, 6) is -0.443. The van der Waals surface area contributed by atoms with Crippen molar-refractivity contribution in [2.24, 2.45) is 0 Å². The molecule has 1 N–H and O–H groups in total. The van der Waals surface area contributed by atoms with Crippen molar-refractivity contribution in [3.05, 3.63) is 35.7 Å². The Morgan fingerprint density at radius 2 is 2.38 bits per heavy atom. The molecule has 0 saturated heterocycles. The Balaban J connectivity index is 2.47. The number of nitrogens with zero attached hydrogens (tertiary/aromatic N) is 1. The van der Waals surface area contributed by atoms with Crippen molar-refractivity contribution in [3.63, 3.8) is 0 Å². The molecule has 4 nitrogen and oxygen atoms in total. The first-order valence-electron chi connectivity index (χ1n) is 4.56. The quantitative estimate of drug-likeness (QED) is 0.659. The monoisotopic (exact) mass is 237 g/mol. The third-order valence-electron chi connectivity index (χ3n) is 2.03. The predicted molar refractivity (Wildman–Crippen MR) is 60.2 cm³/mol. The van der Waals surface area contributed by atoms with Crippen molar-refractivity contribution >= 4 is 34.7 Å². The second-order valence-corrected chi connectivity index (χ2v) is 3.39. The summed E-state index contributed by atoms with van der Waals surface area (Å²) < 4.78 is 5.34. The van der Waals surface area contributed by atoms with Gasteiger partial charge in [-0.05, 0) is 11.6 Å². The van der Waals surface area contributed by atoms with Gasteiger partial charge in [-0.15, -0.1) is 11.6 Å². The number of carboxylic acids is 1. The molecule has 0 aliphatic heterocycles. The van der Waals surface area contributed by atoms with Crippen LogP contribution in [0.15, 0.2) is 28.7 Å². The maximum absolute atomic E-state index is 10.3. The normalized spacial score (nSPS) is 11.3. The molecule has 0 amide bonds. The molecule has 82 valence electrons. The van der Waals surface area contributed by atoms with Crippen molar-refractivity contribution in [3.8, 4) is 0 Å². The summed E-state index contributed by atoms with van der Waals surface area (Å²) in [5.41, 5.74) is 2.13. The van der Waals surface area contributed by atoms with Crippen LogP contribution in [0.2, 0.25) is 0 Å². The molecule has 0 saturated carbocycles. The van der Waals surface area contributed by atoms with Crippen molar-refractivity contribution in [2.75, 3.05) is 0 Å². The van der Waals surface area contributed by atoms with Crippen molar-refractivity contribution in [1.82, 2.24) is 4.98 Å². The van der Waals surface area contributed by atoms with Crippen LogP contribution in [0.4, 0.5) is 0 Å². The number of fused-ring (bicyclic) bond motifs is 1. The molecule has 16 heavy (non-hydrogen) atoms. The Morgan fingerprint density at radius 1 is 1.56 bits per heavy atom. The summed E-state index contributed by atoms with van der Waals surface area (Å²) in [6.07, 6.45) is 2.28. The molecule has 0 fully saturated rings. The van der Waals surface area contributed by atoms with E-state index in [2.05, 4.69) is 4.98 Å². The van der Waals surface area contributed by atoms with E-state index in [9.17, 15) is 4.79 Å². The second-order valence-electron chi connectivity index (χ2n) is 3.12. The molecule has 0 unspecified atom stereocenters. The summed E-state index contributed by atoms with van der Waals surface area (Å²) in [4.78, 5) is 14.5. The van der Waals surface area contributed by atoms with Gasteiger partial charge in [0, 0.05) is 18.0 Å². The molecule has 0 bridgehead atoms. The molecule has 0 aliphatic rings. The smallest absolute Gasteiger partial charge is 0.328 e. The molecule has 5 heteroatoms. The maximum Gasteiger partial charge on any atom is 0.328 e. The van der Waals surface area contributed by atoms with Gasteiger partial charge in [-0.3, -0.25) is 0 Å². The van der Waals surface area contributed by atoms with Gasteiger partial charge >= 0.3 is 5.97 Å². The first-order valence-corrected chi connectivity index (χ1v) is 5.09. The van der Waals surface area contributed by atoms with Gasteiger partial charge in [0.15, 0.2) is 5.58 Å². The first kappa shape index (κ1) is 10.7. The number of rotatable bonds is 3. The average molecular weight is 238 g/mol. The van der Waals surface area contributed by atoms with Crippen LogP contribution in [-0.4, -0.2) is 16.1 Å². The number of para-hydroxylation sites is 1. The highest BCUT2D eigenvalue weighted by Gasteiger charge is 2.07. The Bertz CT molecular complexity index is 559. The van der Waals surface area contributed by atoms with Gasteiger partial charge in [-0.25, -0.2) is 9.78 Å². The minimum atomic E-state index is -1.04. The Hall–Kier alpha value is -1.81. The zero-order chi connectivity index (χ0) is 11.5. The average Bonchev–Trinajstić information content (AvgIpc) is 2.68. The minimum Gasteiger partial charge on any atom is -0.478 e. The molecular formula is C11H8ClNO3. The molecule has 0 aliphatic carbocycles. The van der Waals surface area contributed by atoms with Gasteiger partial charge in [0.25, 0.3) is 0 Å². The standard InChI is InChI=1S/C11H8ClNO3/c12-6-7-2-1-3-8-11(7)13-9(16-8)4-5-10(14)15/h1-5H,6H2,(H,14,15)/b5-4+. The van der Waals surface area contributed by atoms with E-state index in [0.29, 0.717) is 17.0 Å². The van der Waals surface area contributed by atoms with E-state index in [-0.39, 0.29) is 5.89 Å². The molecular weight excluding hydrogens is 230 g/mol. The maximum atomic E-state index is 10.3. The highest BCUT2D eigenvalue weighted by atomic mass is 35.5. The molecule has 0 radical (unpaired) electrons. The minimum absolute atomic E-state index is 0.259. The SMILES string of the molecule is O=C(O)/C=C/c1nc2c(CCl)cccc2o1. The van der Waals surface area contributed by atoms with Crippen LogP contribution >= 0.6 is 11.6 Å². The Labute approximate surface area is 96.2 Å². The van der Waals surface area contributed by atoms with Gasteiger partial charge in [-0.1, -0.05) is 12.1 Å². The fourth-order valence-electron chi connectivity index (χ4n) is 1.34. The first-order chi connectivity index (χ1) is 7.70. The van der Waals surface area contributed by atoms with E-state index in [1.54, 1.807) is 6.07 Å². The van der Waals surface area contributed by atoms with E-state index >= 15 is 0 Å². The van der Waals surface area contributed by atoms with Gasteiger partial charge in [0.1, 0.15) is 5.52 Å². The number of aliphatic carboxylic acids is 1. The van der Waals surface area contributed by atoms with E-state index < -0.39 is 5.97 Å². The third kappa shape index (κ3) is 2.06. The topological polar surface area (TPSA) is 63.3 Å². The number of benzene rings is 1. The Kier molecular flexibility index (Phi) is 2.92. The number of carbonyl (C=O) groups is 1. The zero-order valence-corrected chi connectivity index (χ0v) is 8.94. The molecule has 1 aromatic heterocycles.